The van der Waals surface area contributed by atoms with Crippen LogP contribution in [0, 0.1) is 5.82 Å². The molecule has 2 aromatic rings. The normalized spacial score (nSPS) is 18.7. The van der Waals surface area contributed by atoms with Gasteiger partial charge in [0.1, 0.15) is 24.0 Å². The second-order valence-corrected chi connectivity index (χ2v) is 9.63. The monoisotopic (exact) mass is 493 g/mol. The van der Waals surface area contributed by atoms with Crippen molar-refractivity contribution in [1.82, 2.24) is 20.2 Å². The molecule has 1 saturated heterocycles. The summed E-state index contributed by atoms with van der Waals surface area (Å²) in [7, 11) is 0. The third kappa shape index (κ3) is 5.16. The lowest BCUT2D eigenvalue weighted by molar-refractivity contribution is -0.133. The molecular formula is C22H25ClFN5O3S. The number of nitrogens with one attached hydrogen (secondary N) is 1. The Balaban J connectivity index is 1.45. The highest BCUT2D eigenvalue weighted by atomic mass is 35.5. The fourth-order valence-electron chi connectivity index (χ4n) is 4.31. The van der Waals surface area contributed by atoms with E-state index in [4.69, 9.17) is 11.6 Å². The number of piperazine rings is 1. The Kier molecular flexibility index (Phi) is 7.23. The van der Waals surface area contributed by atoms with Gasteiger partial charge in [-0.2, -0.15) is 0 Å². The second kappa shape index (κ2) is 10.1. The number of amides is 2. The zero-order valence-electron chi connectivity index (χ0n) is 18.1. The van der Waals surface area contributed by atoms with Crippen molar-refractivity contribution in [2.24, 2.45) is 0 Å². The first-order valence-corrected chi connectivity index (χ1v) is 12.2. The molecule has 2 unspecified atom stereocenters. The van der Waals surface area contributed by atoms with Crippen LogP contribution in [-0.4, -0.2) is 64.2 Å². The van der Waals surface area contributed by atoms with Crippen LogP contribution in [0.1, 0.15) is 35.4 Å². The number of carboxylic acid groups (broad SMARTS) is 1. The van der Waals surface area contributed by atoms with Crippen molar-refractivity contribution >= 4 is 41.2 Å². The van der Waals surface area contributed by atoms with Gasteiger partial charge in [-0.15, -0.1) is 11.8 Å². The van der Waals surface area contributed by atoms with Crippen molar-refractivity contribution in [3.63, 3.8) is 0 Å². The lowest BCUT2D eigenvalue weighted by Crippen LogP contribution is -2.55. The molecule has 0 radical (unpaired) electrons. The van der Waals surface area contributed by atoms with E-state index in [9.17, 15) is 19.1 Å². The highest BCUT2D eigenvalue weighted by Crippen LogP contribution is 2.46. The number of nitrogens with zero attached hydrogens (tertiary/aromatic N) is 4. The van der Waals surface area contributed by atoms with E-state index < -0.39 is 18.0 Å². The summed E-state index contributed by atoms with van der Waals surface area (Å²) in [6, 6.07) is 3.20. The van der Waals surface area contributed by atoms with E-state index in [1.54, 1.807) is 17.3 Å². The molecule has 0 saturated carbocycles. The molecule has 2 N–H and O–H groups in total. The number of carbonyl (C=O) groups is 2. The van der Waals surface area contributed by atoms with Crippen LogP contribution in [0.15, 0.2) is 24.5 Å². The minimum atomic E-state index is -1.30. The standard InChI is InChI=1S/C22H25ClFN5O3S/c1-2-18-19-17(11-33-18)25-12-26-20(19)28-5-7-29(8-6-28)21(30)16(27-22(31)32)10-13-3-4-14(23)15(24)9-13/h3-4,9,12,16,18,27H,2,5-8,10-11H2,1H3,(H,31,32). The van der Waals surface area contributed by atoms with Gasteiger partial charge in [-0.25, -0.2) is 19.2 Å². The van der Waals surface area contributed by atoms with Crippen molar-refractivity contribution in [1.29, 1.82) is 0 Å². The van der Waals surface area contributed by atoms with E-state index in [1.165, 1.54) is 17.7 Å². The number of aromatic nitrogens is 2. The largest absolute Gasteiger partial charge is 0.465 e. The molecule has 0 bridgehead atoms. The first kappa shape index (κ1) is 23.6. The topological polar surface area (TPSA) is 98.7 Å². The fourth-order valence-corrected chi connectivity index (χ4v) is 5.66. The van der Waals surface area contributed by atoms with Gasteiger partial charge in [-0.05, 0) is 24.1 Å². The molecule has 2 atom stereocenters. The molecule has 2 aliphatic heterocycles. The number of fused-ring (bicyclic) bond motifs is 1. The van der Waals surface area contributed by atoms with Gasteiger partial charge < -0.3 is 20.2 Å². The number of benzene rings is 1. The highest BCUT2D eigenvalue weighted by Gasteiger charge is 2.33. The summed E-state index contributed by atoms with van der Waals surface area (Å²) in [5.74, 6) is 0.878. The highest BCUT2D eigenvalue weighted by molar-refractivity contribution is 7.99. The lowest BCUT2D eigenvalue weighted by atomic mass is 10.0. The number of carbonyl (C=O) groups excluding carboxylic acids is 1. The number of hydrogen-bond acceptors (Lipinski definition) is 6. The van der Waals surface area contributed by atoms with Crippen LogP contribution >= 0.6 is 23.4 Å². The Bertz CT molecular complexity index is 1050. The van der Waals surface area contributed by atoms with Gasteiger partial charge in [0.15, 0.2) is 0 Å². The Morgan fingerprint density at radius 2 is 2.06 bits per heavy atom. The number of halogens is 2. The van der Waals surface area contributed by atoms with E-state index >= 15 is 0 Å². The number of anilines is 1. The smallest absolute Gasteiger partial charge is 0.405 e. The Morgan fingerprint density at radius 1 is 1.30 bits per heavy atom. The summed E-state index contributed by atoms with van der Waals surface area (Å²) >= 11 is 7.60. The molecular weight excluding hydrogens is 469 g/mol. The molecule has 0 spiro atoms. The van der Waals surface area contributed by atoms with Crippen LogP contribution in [0.2, 0.25) is 5.02 Å². The van der Waals surface area contributed by atoms with Gasteiger partial charge in [-0.3, -0.25) is 4.79 Å². The maximum atomic E-state index is 13.8. The predicted octanol–water partition coefficient (Wildman–Crippen LogP) is 3.49. The number of rotatable bonds is 6. The summed E-state index contributed by atoms with van der Waals surface area (Å²) in [5.41, 5.74) is 2.76. The molecule has 0 aliphatic carbocycles. The number of hydrogen-bond donors (Lipinski definition) is 2. The van der Waals surface area contributed by atoms with Crippen LogP contribution in [-0.2, 0) is 17.0 Å². The quantitative estimate of drug-likeness (QED) is 0.635. The van der Waals surface area contributed by atoms with Gasteiger partial charge in [0.05, 0.1) is 10.7 Å². The predicted molar refractivity (Wildman–Crippen MR) is 125 cm³/mol. The van der Waals surface area contributed by atoms with Crippen LogP contribution in [0.25, 0.3) is 0 Å². The van der Waals surface area contributed by atoms with Crippen molar-refractivity contribution in [3.8, 4) is 0 Å². The first-order valence-electron chi connectivity index (χ1n) is 10.8. The molecule has 1 fully saturated rings. The molecule has 2 amide bonds. The molecule has 176 valence electrons. The van der Waals surface area contributed by atoms with Gasteiger partial charge in [0, 0.05) is 49.2 Å². The number of thioether (sulfide) groups is 1. The summed E-state index contributed by atoms with van der Waals surface area (Å²) in [6.07, 6.45) is 1.34. The first-order chi connectivity index (χ1) is 15.9. The van der Waals surface area contributed by atoms with Gasteiger partial charge in [0.25, 0.3) is 0 Å². The molecule has 4 rings (SSSR count). The average molecular weight is 494 g/mol. The van der Waals surface area contributed by atoms with Gasteiger partial charge >= 0.3 is 6.09 Å². The molecule has 33 heavy (non-hydrogen) atoms. The van der Waals surface area contributed by atoms with Crippen molar-refractivity contribution in [3.05, 3.63) is 52.2 Å². The molecule has 11 heteroatoms. The average Bonchev–Trinajstić information content (AvgIpc) is 3.24. The maximum Gasteiger partial charge on any atom is 0.405 e. The van der Waals surface area contributed by atoms with E-state index in [0.717, 1.165) is 23.7 Å². The summed E-state index contributed by atoms with van der Waals surface area (Å²) in [6.45, 7) is 4.21. The van der Waals surface area contributed by atoms with Crippen LogP contribution in [0.4, 0.5) is 15.0 Å². The molecule has 2 aliphatic rings. The third-order valence-corrected chi connectivity index (χ3v) is 7.69. The third-order valence-electron chi connectivity index (χ3n) is 5.97. The minimum Gasteiger partial charge on any atom is -0.465 e. The van der Waals surface area contributed by atoms with Crippen molar-refractivity contribution in [2.45, 2.75) is 36.8 Å². The van der Waals surface area contributed by atoms with Crippen LogP contribution < -0.4 is 10.2 Å². The summed E-state index contributed by atoms with van der Waals surface area (Å²) < 4.78 is 13.8. The molecule has 1 aromatic carbocycles. The van der Waals surface area contributed by atoms with E-state index in [2.05, 4.69) is 27.1 Å². The van der Waals surface area contributed by atoms with E-state index in [1.807, 2.05) is 11.8 Å². The van der Waals surface area contributed by atoms with Crippen molar-refractivity contribution in [2.75, 3.05) is 31.1 Å². The van der Waals surface area contributed by atoms with E-state index in [0.29, 0.717) is 37.0 Å². The molecule has 1 aromatic heterocycles. The molecule has 3 heterocycles. The lowest BCUT2D eigenvalue weighted by Gasteiger charge is -2.37. The summed E-state index contributed by atoms with van der Waals surface area (Å²) in [4.78, 5) is 37.3. The molecule has 8 nitrogen and oxygen atoms in total. The SMILES string of the molecule is CCC1SCc2ncnc(N3CCN(C(=O)C(Cc4ccc(Cl)c(F)c4)NC(=O)O)CC3)c21. The van der Waals surface area contributed by atoms with Crippen molar-refractivity contribution < 1.29 is 19.1 Å². The van der Waals surface area contributed by atoms with Gasteiger partial charge in [0.2, 0.25) is 5.91 Å². The Hall–Kier alpha value is -2.59. The van der Waals surface area contributed by atoms with E-state index in [-0.39, 0.29) is 17.4 Å². The van der Waals surface area contributed by atoms with Gasteiger partial charge in [-0.1, -0.05) is 24.6 Å². The second-order valence-electron chi connectivity index (χ2n) is 8.03. The fraction of sp³-hybridized carbons (Fsp3) is 0.455. The van der Waals surface area contributed by atoms with Crippen LogP contribution in [0.5, 0.6) is 0 Å². The zero-order valence-corrected chi connectivity index (χ0v) is 19.7. The minimum absolute atomic E-state index is 0.0242. The Morgan fingerprint density at radius 3 is 2.73 bits per heavy atom. The summed E-state index contributed by atoms with van der Waals surface area (Å²) in [5, 5.41) is 11.9. The maximum absolute atomic E-state index is 13.8. The van der Waals surface area contributed by atoms with Crippen LogP contribution in [0.3, 0.4) is 0 Å². The Labute approximate surface area is 200 Å². The zero-order chi connectivity index (χ0) is 23.5.